The molecule has 7 nitrogen and oxygen atoms in total. The Hall–Kier alpha value is -2.83. The Morgan fingerprint density at radius 3 is 2.55 bits per heavy atom. The predicted molar refractivity (Wildman–Crippen MR) is 79.8 cm³/mol. The van der Waals surface area contributed by atoms with Crippen molar-refractivity contribution in [1.82, 2.24) is 15.1 Å². The van der Waals surface area contributed by atoms with Gasteiger partial charge >= 0.3 is 5.97 Å². The standard InChI is InChI=1S/C15H17N3O4/c1-3-18(9-13(19)20)15(21)12-8-16-17-14(12)10-4-6-11(22-2)7-5-10/h4-8H,3,9H2,1-2H3,(H,16,17)(H,19,20). The van der Waals surface area contributed by atoms with E-state index in [1.54, 1.807) is 38.3 Å². The largest absolute Gasteiger partial charge is 0.497 e. The van der Waals surface area contributed by atoms with Gasteiger partial charge in [-0.15, -0.1) is 0 Å². The number of nitrogens with zero attached hydrogens (tertiary/aromatic N) is 2. The van der Waals surface area contributed by atoms with Crippen molar-refractivity contribution in [3.63, 3.8) is 0 Å². The summed E-state index contributed by atoms with van der Waals surface area (Å²) >= 11 is 0. The van der Waals surface area contributed by atoms with Gasteiger partial charge in [0.1, 0.15) is 12.3 Å². The van der Waals surface area contributed by atoms with E-state index >= 15 is 0 Å². The lowest BCUT2D eigenvalue weighted by molar-refractivity contribution is -0.137. The Morgan fingerprint density at radius 2 is 2.00 bits per heavy atom. The van der Waals surface area contributed by atoms with Gasteiger partial charge in [-0.2, -0.15) is 5.10 Å². The highest BCUT2D eigenvalue weighted by molar-refractivity contribution is 6.00. The minimum atomic E-state index is -1.05. The molecule has 0 saturated carbocycles. The number of carbonyl (C=O) groups is 2. The summed E-state index contributed by atoms with van der Waals surface area (Å²) < 4.78 is 5.10. The third-order valence-corrected chi connectivity index (χ3v) is 3.24. The molecule has 116 valence electrons. The van der Waals surface area contributed by atoms with E-state index in [-0.39, 0.29) is 12.5 Å². The molecular weight excluding hydrogens is 286 g/mol. The van der Waals surface area contributed by atoms with Crippen molar-refractivity contribution < 1.29 is 19.4 Å². The third-order valence-electron chi connectivity index (χ3n) is 3.24. The summed E-state index contributed by atoms with van der Waals surface area (Å²) in [6.07, 6.45) is 1.41. The Bertz CT molecular complexity index is 664. The van der Waals surface area contributed by atoms with Gasteiger partial charge in [0, 0.05) is 12.1 Å². The molecule has 0 saturated heterocycles. The first-order chi connectivity index (χ1) is 10.6. The lowest BCUT2D eigenvalue weighted by Gasteiger charge is -2.18. The molecule has 22 heavy (non-hydrogen) atoms. The number of carboxylic acids is 1. The van der Waals surface area contributed by atoms with Gasteiger partial charge in [0.15, 0.2) is 0 Å². The Labute approximate surface area is 127 Å². The second-order valence-electron chi connectivity index (χ2n) is 4.60. The summed E-state index contributed by atoms with van der Waals surface area (Å²) in [5, 5.41) is 15.6. The van der Waals surface area contributed by atoms with E-state index in [1.807, 2.05) is 0 Å². The number of hydrogen-bond donors (Lipinski definition) is 2. The average molecular weight is 303 g/mol. The first-order valence-corrected chi connectivity index (χ1v) is 6.75. The molecule has 1 aromatic carbocycles. The fourth-order valence-corrected chi connectivity index (χ4v) is 2.09. The molecule has 0 aliphatic rings. The number of hydrogen-bond acceptors (Lipinski definition) is 4. The number of methoxy groups -OCH3 is 1. The van der Waals surface area contributed by atoms with Crippen molar-refractivity contribution in [2.24, 2.45) is 0 Å². The quantitative estimate of drug-likeness (QED) is 0.845. The van der Waals surface area contributed by atoms with E-state index in [4.69, 9.17) is 9.84 Å². The maximum absolute atomic E-state index is 12.5. The number of aromatic nitrogens is 2. The van der Waals surface area contributed by atoms with E-state index in [0.29, 0.717) is 23.6 Å². The molecule has 1 aromatic heterocycles. The van der Waals surface area contributed by atoms with Crippen molar-refractivity contribution in [1.29, 1.82) is 0 Å². The summed E-state index contributed by atoms with van der Waals surface area (Å²) in [5.74, 6) is -0.716. The van der Waals surface area contributed by atoms with Gasteiger partial charge in [-0.3, -0.25) is 14.7 Å². The third kappa shape index (κ3) is 3.25. The zero-order valence-corrected chi connectivity index (χ0v) is 12.4. The van der Waals surface area contributed by atoms with Crippen LogP contribution in [-0.4, -0.2) is 52.3 Å². The first-order valence-electron chi connectivity index (χ1n) is 6.75. The summed E-state index contributed by atoms with van der Waals surface area (Å²) in [4.78, 5) is 24.6. The van der Waals surface area contributed by atoms with E-state index in [0.717, 1.165) is 5.56 Å². The zero-order valence-electron chi connectivity index (χ0n) is 12.4. The molecule has 0 unspecified atom stereocenters. The van der Waals surface area contributed by atoms with E-state index < -0.39 is 5.97 Å². The van der Waals surface area contributed by atoms with Crippen LogP contribution in [0.3, 0.4) is 0 Å². The van der Waals surface area contributed by atoms with Crippen molar-refractivity contribution in [3.05, 3.63) is 36.0 Å². The molecule has 2 N–H and O–H groups in total. The van der Waals surface area contributed by atoms with Gasteiger partial charge < -0.3 is 14.7 Å². The maximum Gasteiger partial charge on any atom is 0.323 e. The molecule has 0 spiro atoms. The van der Waals surface area contributed by atoms with Gasteiger partial charge in [0.25, 0.3) is 5.91 Å². The van der Waals surface area contributed by atoms with Crippen LogP contribution in [0.5, 0.6) is 5.75 Å². The van der Waals surface area contributed by atoms with E-state index in [2.05, 4.69) is 10.2 Å². The molecule has 2 rings (SSSR count). The second-order valence-corrected chi connectivity index (χ2v) is 4.60. The van der Waals surface area contributed by atoms with Crippen LogP contribution in [0, 0.1) is 0 Å². The topological polar surface area (TPSA) is 95.5 Å². The molecule has 0 aliphatic carbocycles. The normalized spacial score (nSPS) is 10.3. The van der Waals surface area contributed by atoms with E-state index in [9.17, 15) is 9.59 Å². The molecule has 0 radical (unpaired) electrons. The second kappa shape index (κ2) is 6.75. The minimum Gasteiger partial charge on any atom is -0.497 e. The first kappa shape index (κ1) is 15.6. The molecule has 0 bridgehead atoms. The van der Waals surface area contributed by atoms with Crippen LogP contribution in [-0.2, 0) is 4.79 Å². The average Bonchev–Trinajstić information content (AvgIpc) is 3.01. The van der Waals surface area contributed by atoms with E-state index in [1.165, 1.54) is 11.1 Å². The molecule has 2 aromatic rings. The SMILES string of the molecule is CCN(CC(=O)O)C(=O)c1cn[nH]c1-c1ccc(OC)cc1. The number of rotatable bonds is 6. The molecule has 7 heteroatoms. The van der Waals surface area contributed by atoms with Crippen LogP contribution >= 0.6 is 0 Å². The number of ether oxygens (including phenoxy) is 1. The minimum absolute atomic E-state index is 0.304. The molecule has 0 fully saturated rings. The smallest absolute Gasteiger partial charge is 0.323 e. The Kier molecular flexibility index (Phi) is 4.77. The van der Waals surface area contributed by atoms with Crippen LogP contribution < -0.4 is 4.74 Å². The number of H-pyrrole nitrogens is 1. The van der Waals surface area contributed by atoms with Gasteiger partial charge in [-0.1, -0.05) is 0 Å². The molecule has 0 atom stereocenters. The maximum atomic E-state index is 12.5. The highest BCUT2D eigenvalue weighted by atomic mass is 16.5. The van der Waals surface area contributed by atoms with Crippen LogP contribution in [0.25, 0.3) is 11.3 Å². The Morgan fingerprint density at radius 1 is 1.32 bits per heavy atom. The van der Waals surface area contributed by atoms with Crippen molar-refractivity contribution >= 4 is 11.9 Å². The summed E-state index contributed by atoms with van der Waals surface area (Å²) in [7, 11) is 1.57. The molecule has 1 heterocycles. The molecular formula is C15H17N3O4. The fraction of sp³-hybridized carbons (Fsp3) is 0.267. The summed E-state index contributed by atoms with van der Waals surface area (Å²) in [5.41, 5.74) is 1.66. The summed E-state index contributed by atoms with van der Waals surface area (Å²) in [6, 6.07) is 7.16. The molecule has 0 aliphatic heterocycles. The van der Waals surface area contributed by atoms with Gasteiger partial charge in [-0.05, 0) is 31.2 Å². The van der Waals surface area contributed by atoms with Crippen LogP contribution in [0.2, 0.25) is 0 Å². The highest BCUT2D eigenvalue weighted by Crippen LogP contribution is 2.24. The lowest BCUT2D eigenvalue weighted by Crippen LogP contribution is -2.35. The van der Waals surface area contributed by atoms with Crippen molar-refractivity contribution in [2.45, 2.75) is 6.92 Å². The number of benzene rings is 1. The van der Waals surface area contributed by atoms with Crippen molar-refractivity contribution in [2.75, 3.05) is 20.2 Å². The zero-order chi connectivity index (χ0) is 16.1. The van der Waals surface area contributed by atoms with Crippen molar-refractivity contribution in [3.8, 4) is 17.0 Å². The number of carbonyl (C=O) groups excluding carboxylic acids is 1. The number of aromatic amines is 1. The van der Waals surface area contributed by atoms with Crippen LogP contribution in [0.4, 0.5) is 0 Å². The predicted octanol–water partition coefficient (Wildman–Crippen LogP) is 1.63. The number of nitrogens with one attached hydrogen (secondary N) is 1. The number of likely N-dealkylation sites (N-methyl/N-ethyl adjacent to an activating group) is 1. The highest BCUT2D eigenvalue weighted by Gasteiger charge is 2.22. The van der Waals surface area contributed by atoms with Gasteiger partial charge in [-0.25, -0.2) is 0 Å². The fourth-order valence-electron chi connectivity index (χ4n) is 2.09. The van der Waals surface area contributed by atoms with Gasteiger partial charge in [0.2, 0.25) is 0 Å². The number of amides is 1. The van der Waals surface area contributed by atoms with Crippen LogP contribution in [0.1, 0.15) is 17.3 Å². The number of aliphatic carboxylic acids is 1. The number of carboxylic acid groups (broad SMARTS) is 1. The molecule has 1 amide bonds. The van der Waals surface area contributed by atoms with Crippen LogP contribution in [0.15, 0.2) is 30.5 Å². The Balaban J connectivity index is 2.31. The monoisotopic (exact) mass is 303 g/mol. The lowest BCUT2D eigenvalue weighted by atomic mass is 10.1. The summed E-state index contributed by atoms with van der Waals surface area (Å²) in [6.45, 7) is 1.69. The van der Waals surface area contributed by atoms with Gasteiger partial charge in [0.05, 0.1) is 24.6 Å².